The molecule has 1 aliphatic rings. The summed E-state index contributed by atoms with van der Waals surface area (Å²) in [5.74, 6) is -1.45. The summed E-state index contributed by atoms with van der Waals surface area (Å²) < 4.78 is 25.9. The Morgan fingerprint density at radius 2 is 2.04 bits per heavy atom. The van der Waals surface area contributed by atoms with Crippen LogP contribution in [0, 0.1) is 5.41 Å². The molecule has 1 saturated heterocycles. The summed E-state index contributed by atoms with van der Waals surface area (Å²) in [7, 11) is -2.44. The van der Waals surface area contributed by atoms with Crippen molar-refractivity contribution in [3.63, 3.8) is 0 Å². The maximum Gasteiger partial charge on any atom is 0.311 e. The maximum absolute atomic E-state index is 12.6. The largest absolute Gasteiger partial charge is 0.481 e. The van der Waals surface area contributed by atoms with Crippen LogP contribution in [-0.2, 0) is 14.8 Å². The number of hydrogen-bond acceptors (Lipinski definition) is 4. The van der Waals surface area contributed by atoms with Gasteiger partial charge in [-0.25, -0.2) is 13.1 Å². The molecule has 0 aromatic heterocycles. The number of likely N-dealkylation sites (tertiary alicyclic amines) is 1. The summed E-state index contributed by atoms with van der Waals surface area (Å²) in [5, 5.41) is 9.35. The third-order valence-electron chi connectivity index (χ3n) is 4.02. The number of sulfonamides is 1. The third kappa shape index (κ3) is 3.34. The second-order valence-electron chi connectivity index (χ2n) is 5.69. The number of nitrogens with zero attached hydrogens (tertiary/aromatic N) is 1. The first-order chi connectivity index (χ1) is 10.6. The number of benzene rings is 1. The van der Waals surface area contributed by atoms with E-state index in [0.717, 1.165) is 0 Å². The van der Waals surface area contributed by atoms with Crippen molar-refractivity contribution in [3.8, 4) is 0 Å². The van der Waals surface area contributed by atoms with Crippen molar-refractivity contribution < 1.29 is 23.1 Å². The van der Waals surface area contributed by atoms with Crippen LogP contribution in [0.25, 0.3) is 0 Å². The van der Waals surface area contributed by atoms with Crippen LogP contribution in [0.4, 0.5) is 0 Å². The van der Waals surface area contributed by atoms with E-state index in [2.05, 4.69) is 4.72 Å². The molecule has 1 fully saturated rings. The molecule has 0 bridgehead atoms. The predicted molar refractivity (Wildman–Crippen MR) is 84.0 cm³/mol. The van der Waals surface area contributed by atoms with E-state index in [4.69, 9.17) is 11.6 Å². The van der Waals surface area contributed by atoms with Gasteiger partial charge in [0.2, 0.25) is 10.0 Å². The summed E-state index contributed by atoms with van der Waals surface area (Å²) in [6, 6.07) is 3.84. The number of carbonyl (C=O) groups is 2. The van der Waals surface area contributed by atoms with Crippen LogP contribution >= 0.6 is 11.6 Å². The van der Waals surface area contributed by atoms with Crippen molar-refractivity contribution in [1.29, 1.82) is 0 Å². The van der Waals surface area contributed by atoms with E-state index in [0.29, 0.717) is 6.42 Å². The zero-order chi connectivity index (χ0) is 17.4. The minimum Gasteiger partial charge on any atom is -0.481 e. The standard InChI is InChI=1S/C14H17ClN2O5S/c1-14(13(19)20)5-6-17(8-14)12(18)10-7-9(3-4-11(10)15)23(21,22)16-2/h3-4,7,16H,5-6,8H2,1-2H3,(H,19,20)/t14-/m0/s1. The van der Waals surface area contributed by atoms with E-state index in [1.165, 1.54) is 30.1 Å². The fourth-order valence-electron chi connectivity index (χ4n) is 2.43. The molecule has 2 N–H and O–H groups in total. The fourth-order valence-corrected chi connectivity index (χ4v) is 3.39. The lowest BCUT2D eigenvalue weighted by Gasteiger charge is -2.21. The van der Waals surface area contributed by atoms with Gasteiger partial charge in [0.1, 0.15) is 0 Å². The SMILES string of the molecule is CNS(=O)(=O)c1ccc(Cl)c(C(=O)N2CC[C@](C)(C(=O)O)C2)c1. The smallest absolute Gasteiger partial charge is 0.311 e. The molecule has 1 heterocycles. The van der Waals surface area contributed by atoms with E-state index in [1.54, 1.807) is 6.92 Å². The fraction of sp³-hybridized carbons (Fsp3) is 0.429. The first-order valence-electron chi connectivity index (χ1n) is 6.86. The number of carboxylic acids is 1. The van der Waals surface area contributed by atoms with Gasteiger partial charge < -0.3 is 10.0 Å². The van der Waals surface area contributed by atoms with Crippen molar-refractivity contribution >= 4 is 33.5 Å². The average molecular weight is 361 g/mol. The highest BCUT2D eigenvalue weighted by Gasteiger charge is 2.42. The van der Waals surface area contributed by atoms with Crippen LogP contribution in [0.5, 0.6) is 0 Å². The van der Waals surface area contributed by atoms with Crippen molar-refractivity contribution in [3.05, 3.63) is 28.8 Å². The van der Waals surface area contributed by atoms with Crippen LogP contribution in [-0.4, -0.2) is 50.4 Å². The van der Waals surface area contributed by atoms with E-state index in [9.17, 15) is 23.1 Å². The quantitative estimate of drug-likeness (QED) is 0.839. The zero-order valence-corrected chi connectivity index (χ0v) is 14.2. The molecule has 23 heavy (non-hydrogen) atoms. The molecule has 1 aromatic carbocycles. The number of carboxylic acid groups (broad SMARTS) is 1. The van der Waals surface area contributed by atoms with Gasteiger partial charge in [0.15, 0.2) is 0 Å². The van der Waals surface area contributed by atoms with Crippen molar-refractivity contribution in [2.45, 2.75) is 18.2 Å². The maximum atomic E-state index is 12.6. The van der Waals surface area contributed by atoms with E-state index < -0.39 is 27.3 Å². The Bertz CT molecular complexity index is 764. The minimum atomic E-state index is -3.70. The molecule has 0 saturated carbocycles. The molecular formula is C14H17ClN2O5S. The van der Waals surface area contributed by atoms with E-state index >= 15 is 0 Å². The first-order valence-corrected chi connectivity index (χ1v) is 8.72. The Morgan fingerprint density at radius 3 is 2.57 bits per heavy atom. The van der Waals surface area contributed by atoms with Crippen molar-refractivity contribution in [1.82, 2.24) is 9.62 Å². The van der Waals surface area contributed by atoms with Crippen molar-refractivity contribution in [2.24, 2.45) is 5.41 Å². The molecule has 9 heteroatoms. The van der Waals surface area contributed by atoms with Crippen LogP contribution in [0.3, 0.4) is 0 Å². The molecule has 2 rings (SSSR count). The summed E-state index contributed by atoms with van der Waals surface area (Å²) in [6.45, 7) is 1.91. The van der Waals surface area contributed by atoms with Crippen molar-refractivity contribution in [2.75, 3.05) is 20.1 Å². The van der Waals surface area contributed by atoms with Gasteiger partial charge in [-0.1, -0.05) is 11.6 Å². The van der Waals surface area contributed by atoms with Gasteiger partial charge in [-0.3, -0.25) is 9.59 Å². The monoisotopic (exact) mass is 360 g/mol. The van der Waals surface area contributed by atoms with E-state index in [-0.39, 0.29) is 28.6 Å². The predicted octanol–water partition coefficient (Wildman–Crippen LogP) is 1.18. The third-order valence-corrected chi connectivity index (χ3v) is 5.77. The highest BCUT2D eigenvalue weighted by Crippen LogP contribution is 2.32. The molecule has 1 atom stereocenters. The van der Waals surface area contributed by atoms with E-state index in [1.807, 2.05) is 0 Å². The number of carbonyl (C=O) groups excluding carboxylic acids is 1. The molecule has 0 spiro atoms. The summed E-state index contributed by atoms with van der Waals surface area (Å²) in [4.78, 5) is 25.2. The lowest BCUT2D eigenvalue weighted by Crippen LogP contribution is -2.35. The Balaban J connectivity index is 2.34. The Morgan fingerprint density at radius 1 is 1.39 bits per heavy atom. The van der Waals surface area contributed by atoms with Crippen LogP contribution < -0.4 is 4.72 Å². The minimum absolute atomic E-state index is 0.0395. The molecule has 0 unspecified atom stereocenters. The highest BCUT2D eigenvalue weighted by atomic mass is 35.5. The normalized spacial score (nSPS) is 21.4. The molecule has 1 aromatic rings. The number of hydrogen-bond donors (Lipinski definition) is 2. The number of nitrogens with one attached hydrogen (secondary N) is 1. The Kier molecular flexibility index (Phi) is 4.70. The summed E-state index contributed by atoms with van der Waals surface area (Å²) in [6.07, 6.45) is 0.334. The second-order valence-corrected chi connectivity index (χ2v) is 7.99. The second kappa shape index (κ2) is 6.10. The highest BCUT2D eigenvalue weighted by molar-refractivity contribution is 7.89. The van der Waals surface area contributed by atoms with Gasteiger partial charge in [0.25, 0.3) is 5.91 Å². The number of rotatable bonds is 4. The van der Waals surface area contributed by atoms with Crippen LogP contribution in [0.2, 0.25) is 5.02 Å². The van der Waals surface area contributed by atoms with Gasteiger partial charge in [0, 0.05) is 13.1 Å². The average Bonchev–Trinajstić information content (AvgIpc) is 2.91. The molecule has 0 radical (unpaired) electrons. The molecule has 7 nitrogen and oxygen atoms in total. The summed E-state index contributed by atoms with van der Waals surface area (Å²) >= 11 is 6.02. The Hall–Kier alpha value is -1.64. The van der Waals surface area contributed by atoms with Gasteiger partial charge in [-0.15, -0.1) is 0 Å². The molecule has 126 valence electrons. The summed E-state index contributed by atoms with van der Waals surface area (Å²) in [5.41, 5.74) is -0.964. The lowest BCUT2D eigenvalue weighted by molar-refractivity contribution is -0.147. The zero-order valence-electron chi connectivity index (χ0n) is 12.7. The Labute approximate surface area is 139 Å². The number of amides is 1. The van der Waals surface area contributed by atoms with Gasteiger partial charge in [-0.05, 0) is 38.6 Å². The molecule has 1 aliphatic heterocycles. The lowest BCUT2D eigenvalue weighted by atomic mass is 9.90. The molecule has 1 amide bonds. The first kappa shape index (κ1) is 17.7. The van der Waals surface area contributed by atoms with Gasteiger partial charge in [0.05, 0.1) is 20.9 Å². The number of aliphatic carboxylic acids is 1. The molecule has 0 aliphatic carbocycles. The number of halogens is 1. The topological polar surface area (TPSA) is 104 Å². The van der Waals surface area contributed by atoms with Crippen LogP contribution in [0.1, 0.15) is 23.7 Å². The van der Waals surface area contributed by atoms with Gasteiger partial charge >= 0.3 is 5.97 Å². The van der Waals surface area contributed by atoms with Gasteiger partial charge in [-0.2, -0.15) is 0 Å². The molecular weight excluding hydrogens is 344 g/mol. The van der Waals surface area contributed by atoms with Crippen LogP contribution in [0.15, 0.2) is 23.1 Å².